The number of Topliss-reactive ketones (excluding diaryl/α,β-unsaturated/α-hetero) is 1. The first-order chi connectivity index (χ1) is 10.4. The van der Waals surface area contributed by atoms with Crippen LogP contribution in [0.1, 0.15) is 59.3 Å². The quantitative estimate of drug-likeness (QED) is 0.687. The van der Waals surface area contributed by atoms with Crippen molar-refractivity contribution in [3.8, 4) is 0 Å². The summed E-state index contributed by atoms with van der Waals surface area (Å²) >= 11 is 0. The van der Waals surface area contributed by atoms with E-state index in [2.05, 4.69) is 26.8 Å². The third-order valence-corrected chi connectivity index (χ3v) is 8.24. The van der Waals surface area contributed by atoms with Crippen LogP contribution in [0.15, 0.2) is 12.2 Å². The predicted molar refractivity (Wildman–Crippen MR) is 87.2 cm³/mol. The summed E-state index contributed by atoms with van der Waals surface area (Å²) in [5.41, 5.74) is 0.208. The van der Waals surface area contributed by atoms with E-state index in [1.165, 1.54) is 12.8 Å². The van der Waals surface area contributed by atoms with Gasteiger partial charge in [-0.15, -0.1) is 0 Å². The normalized spacial score (nSPS) is 57.2. The van der Waals surface area contributed by atoms with Crippen molar-refractivity contribution >= 4 is 5.78 Å². The summed E-state index contributed by atoms with van der Waals surface area (Å²) in [6.07, 6.45) is 10.5. The number of rotatable bonds is 0. The van der Waals surface area contributed by atoms with E-state index in [0.717, 1.165) is 25.7 Å². The zero-order chi connectivity index (χ0) is 15.7. The number of aliphatic hydroxyl groups is 1. The predicted octanol–water partition coefficient (Wildman–Crippen LogP) is 3.98. The van der Waals surface area contributed by atoms with E-state index in [-0.39, 0.29) is 16.9 Å². The minimum absolute atomic E-state index is 0.0312. The number of aliphatic hydroxyl groups excluding tert-OH is 1. The van der Waals surface area contributed by atoms with Crippen molar-refractivity contribution in [2.45, 2.75) is 65.4 Å². The molecule has 2 heteroatoms. The van der Waals surface area contributed by atoms with E-state index in [1.807, 2.05) is 6.08 Å². The third-order valence-electron chi connectivity index (χ3n) is 8.24. The fraction of sp³-hybridized carbons (Fsp3) is 0.850. The van der Waals surface area contributed by atoms with Gasteiger partial charge >= 0.3 is 0 Å². The molecule has 0 aliphatic heterocycles. The Balaban J connectivity index is 1.73. The smallest absolute Gasteiger partial charge is 0.139 e. The molecule has 0 heterocycles. The average molecular weight is 302 g/mol. The number of carbonyl (C=O) groups is 1. The van der Waals surface area contributed by atoms with Gasteiger partial charge in [0.25, 0.3) is 0 Å². The second kappa shape index (κ2) is 4.69. The second-order valence-corrected chi connectivity index (χ2v) is 9.15. The maximum atomic E-state index is 12.5. The fourth-order valence-corrected chi connectivity index (χ4v) is 6.95. The molecule has 0 radical (unpaired) electrons. The minimum atomic E-state index is -0.247. The molecule has 1 N–H and O–H groups in total. The molecule has 0 aromatic carbocycles. The van der Waals surface area contributed by atoms with Gasteiger partial charge in [0.05, 0.1) is 6.10 Å². The standard InChI is InChI=1S/C20H30O2/c1-12-10-13-11-14(21)6-8-19(13,2)16-7-9-20(3)15(18(12)16)4-5-17(20)22/h6,8,12-16,18,21H,4-5,7,9-11H2,1-3H3/t12-,13+,14+,15+,16+,18+,19+,20+/m1/s1. The van der Waals surface area contributed by atoms with Crippen LogP contribution in [0.5, 0.6) is 0 Å². The SMILES string of the molecule is C[C@@H]1C[C@H]2C[C@@H](O)C=C[C@]2(C)[C@H]2CC[C@]3(C)C(=O)CC[C@H]3[C@H]12. The number of ketones is 1. The summed E-state index contributed by atoms with van der Waals surface area (Å²) in [6.45, 7) is 7.10. The Morgan fingerprint density at radius 1 is 1.18 bits per heavy atom. The Bertz CT molecular complexity index is 524. The Kier molecular flexibility index (Phi) is 3.18. The summed E-state index contributed by atoms with van der Waals surface area (Å²) in [4.78, 5) is 12.5. The Hall–Kier alpha value is -0.630. The van der Waals surface area contributed by atoms with Crippen molar-refractivity contribution in [3.63, 3.8) is 0 Å². The van der Waals surface area contributed by atoms with Crippen molar-refractivity contribution in [3.05, 3.63) is 12.2 Å². The van der Waals surface area contributed by atoms with Gasteiger partial charge in [-0.05, 0) is 67.1 Å². The van der Waals surface area contributed by atoms with Gasteiger partial charge < -0.3 is 5.11 Å². The highest BCUT2D eigenvalue weighted by Gasteiger charge is 2.61. The van der Waals surface area contributed by atoms with Gasteiger partial charge in [-0.3, -0.25) is 4.79 Å². The van der Waals surface area contributed by atoms with Crippen molar-refractivity contribution in [2.24, 2.45) is 40.4 Å². The highest BCUT2D eigenvalue weighted by molar-refractivity contribution is 5.87. The molecule has 0 aromatic rings. The molecular weight excluding hydrogens is 272 g/mol. The molecule has 22 heavy (non-hydrogen) atoms. The summed E-state index contributed by atoms with van der Waals surface area (Å²) in [5.74, 6) is 3.85. The Morgan fingerprint density at radius 3 is 2.73 bits per heavy atom. The highest BCUT2D eigenvalue weighted by Crippen LogP contribution is 2.65. The van der Waals surface area contributed by atoms with Gasteiger partial charge in [0.15, 0.2) is 0 Å². The monoisotopic (exact) mass is 302 g/mol. The first kappa shape index (κ1) is 14.9. The zero-order valence-corrected chi connectivity index (χ0v) is 14.2. The number of hydrogen-bond donors (Lipinski definition) is 1. The Morgan fingerprint density at radius 2 is 1.95 bits per heavy atom. The van der Waals surface area contributed by atoms with Gasteiger partial charge in [-0.25, -0.2) is 0 Å². The van der Waals surface area contributed by atoms with Crippen LogP contribution in [0.4, 0.5) is 0 Å². The summed E-state index contributed by atoms with van der Waals surface area (Å²) in [6, 6.07) is 0. The molecule has 0 amide bonds. The lowest BCUT2D eigenvalue weighted by Gasteiger charge is -2.60. The second-order valence-electron chi connectivity index (χ2n) is 9.15. The lowest BCUT2D eigenvalue weighted by Crippen LogP contribution is -2.55. The molecule has 0 bridgehead atoms. The van der Waals surface area contributed by atoms with Crippen molar-refractivity contribution in [2.75, 3.05) is 0 Å². The highest BCUT2D eigenvalue weighted by atomic mass is 16.3. The van der Waals surface area contributed by atoms with E-state index in [4.69, 9.17) is 0 Å². The van der Waals surface area contributed by atoms with E-state index in [9.17, 15) is 9.90 Å². The summed E-state index contributed by atoms with van der Waals surface area (Å²) in [7, 11) is 0. The van der Waals surface area contributed by atoms with Gasteiger partial charge in [-0.2, -0.15) is 0 Å². The third kappa shape index (κ3) is 1.79. The van der Waals surface area contributed by atoms with E-state index in [0.29, 0.717) is 35.4 Å². The molecule has 0 unspecified atom stereocenters. The first-order valence-corrected chi connectivity index (χ1v) is 9.27. The van der Waals surface area contributed by atoms with Crippen LogP contribution in [0.25, 0.3) is 0 Å². The molecule has 0 spiro atoms. The van der Waals surface area contributed by atoms with Crippen LogP contribution >= 0.6 is 0 Å². The topological polar surface area (TPSA) is 37.3 Å². The largest absolute Gasteiger partial charge is 0.389 e. The van der Waals surface area contributed by atoms with Crippen molar-refractivity contribution < 1.29 is 9.90 Å². The summed E-state index contributed by atoms with van der Waals surface area (Å²) < 4.78 is 0. The number of carbonyl (C=O) groups excluding carboxylic acids is 1. The van der Waals surface area contributed by atoms with Gasteiger partial charge in [-0.1, -0.05) is 32.9 Å². The molecule has 2 nitrogen and oxygen atoms in total. The fourth-order valence-electron chi connectivity index (χ4n) is 6.95. The van der Waals surface area contributed by atoms with Gasteiger partial charge in [0, 0.05) is 11.8 Å². The van der Waals surface area contributed by atoms with Gasteiger partial charge in [0.1, 0.15) is 5.78 Å². The molecular formula is C20H30O2. The van der Waals surface area contributed by atoms with E-state index in [1.54, 1.807) is 0 Å². The van der Waals surface area contributed by atoms with Crippen LogP contribution in [0.3, 0.4) is 0 Å². The maximum Gasteiger partial charge on any atom is 0.139 e. The summed E-state index contributed by atoms with van der Waals surface area (Å²) in [5, 5.41) is 10.0. The van der Waals surface area contributed by atoms with Crippen LogP contribution in [-0.2, 0) is 4.79 Å². The van der Waals surface area contributed by atoms with Crippen LogP contribution in [-0.4, -0.2) is 17.0 Å². The molecule has 4 aliphatic carbocycles. The molecule has 0 aromatic heterocycles. The minimum Gasteiger partial charge on any atom is -0.389 e. The first-order valence-electron chi connectivity index (χ1n) is 9.27. The molecule has 4 rings (SSSR count). The molecule has 3 saturated carbocycles. The lowest BCUT2D eigenvalue weighted by atomic mass is 9.44. The average Bonchev–Trinajstić information content (AvgIpc) is 2.77. The number of allylic oxidation sites excluding steroid dienone is 1. The Labute approximate surface area is 134 Å². The van der Waals surface area contributed by atoms with Crippen LogP contribution in [0.2, 0.25) is 0 Å². The zero-order valence-electron chi connectivity index (χ0n) is 14.2. The number of hydrogen-bond acceptors (Lipinski definition) is 2. The van der Waals surface area contributed by atoms with Crippen LogP contribution in [0, 0.1) is 40.4 Å². The molecule has 3 fully saturated rings. The molecule has 4 aliphatic rings. The van der Waals surface area contributed by atoms with Gasteiger partial charge in [0.2, 0.25) is 0 Å². The number of fused-ring (bicyclic) bond motifs is 5. The van der Waals surface area contributed by atoms with E-state index < -0.39 is 0 Å². The van der Waals surface area contributed by atoms with Crippen LogP contribution < -0.4 is 0 Å². The van der Waals surface area contributed by atoms with Crippen molar-refractivity contribution in [1.29, 1.82) is 0 Å². The van der Waals surface area contributed by atoms with E-state index >= 15 is 0 Å². The molecule has 8 atom stereocenters. The molecule has 122 valence electrons. The lowest BCUT2D eigenvalue weighted by molar-refractivity contribution is -0.139. The van der Waals surface area contributed by atoms with Crippen molar-refractivity contribution in [1.82, 2.24) is 0 Å². The maximum absolute atomic E-state index is 12.5. The molecule has 0 saturated heterocycles.